The van der Waals surface area contributed by atoms with Crippen molar-refractivity contribution in [2.75, 3.05) is 51.9 Å². The van der Waals surface area contributed by atoms with Gasteiger partial charge in [0.15, 0.2) is 0 Å². The van der Waals surface area contributed by atoms with Gasteiger partial charge in [-0.25, -0.2) is 0 Å². The van der Waals surface area contributed by atoms with Crippen LogP contribution in [0, 0.1) is 22.7 Å². The number of benzene rings is 2. The second-order valence-corrected chi connectivity index (χ2v) is 9.04. The number of aliphatic hydroxyl groups is 1. The summed E-state index contributed by atoms with van der Waals surface area (Å²) in [6, 6.07) is 10.2. The van der Waals surface area contributed by atoms with E-state index in [4.69, 9.17) is 14.7 Å². The number of rotatable bonds is 5. The van der Waals surface area contributed by atoms with Gasteiger partial charge in [-0.3, -0.25) is 4.79 Å². The lowest BCUT2D eigenvalue weighted by Gasteiger charge is -2.43. The zero-order valence-corrected chi connectivity index (χ0v) is 19.4. The van der Waals surface area contributed by atoms with E-state index in [1.54, 1.807) is 29.2 Å². The highest BCUT2D eigenvalue weighted by Gasteiger charge is 2.50. The number of carbonyl (C=O) groups excluding carboxylic acids is 1. The highest BCUT2D eigenvalue weighted by Crippen LogP contribution is 2.45. The van der Waals surface area contributed by atoms with Crippen LogP contribution < -0.4 is 14.4 Å². The minimum absolute atomic E-state index is 0.127. The molecule has 2 aliphatic heterocycles. The first-order valence-corrected chi connectivity index (χ1v) is 11.1. The fourth-order valence-electron chi connectivity index (χ4n) is 5.10. The molecule has 2 aromatic carbocycles. The molecule has 2 unspecified atom stereocenters. The Morgan fingerprint density at radius 3 is 2.43 bits per heavy atom. The van der Waals surface area contributed by atoms with Crippen LogP contribution in [0.4, 0.5) is 18.9 Å². The number of methoxy groups -OCH3 is 2. The van der Waals surface area contributed by atoms with Gasteiger partial charge in [0, 0.05) is 54.8 Å². The van der Waals surface area contributed by atoms with Gasteiger partial charge >= 0.3 is 6.18 Å². The van der Waals surface area contributed by atoms with Crippen LogP contribution in [0.3, 0.4) is 0 Å². The van der Waals surface area contributed by atoms with Crippen molar-refractivity contribution in [3.63, 3.8) is 0 Å². The number of nitrogens with zero attached hydrogens (tertiary/aromatic N) is 3. The number of ether oxygens (including phenoxy) is 2. The average molecular weight is 489 g/mol. The molecule has 2 fully saturated rings. The summed E-state index contributed by atoms with van der Waals surface area (Å²) in [6.07, 6.45) is -4.12. The Labute approximate surface area is 201 Å². The molecule has 0 aliphatic carbocycles. The molecular weight excluding hydrogens is 463 g/mol. The monoisotopic (exact) mass is 489 g/mol. The van der Waals surface area contributed by atoms with E-state index in [2.05, 4.69) is 0 Å². The molecule has 2 saturated heterocycles. The van der Waals surface area contributed by atoms with Gasteiger partial charge in [-0.2, -0.15) is 18.4 Å². The zero-order chi connectivity index (χ0) is 25.4. The molecule has 0 saturated carbocycles. The fourth-order valence-corrected chi connectivity index (χ4v) is 5.10. The maximum Gasteiger partial charge on any atom is 0.417 e. The Kier molecular flexibility index (Phi) is 6.56. The third-order valence-electron chi connectivity index (χ3n) is 7.13. The maximum absolute atomic E-state index is 13.5. The SMILES string of the molecule is COc1cc(OC)cc(C(=O)N2CC3CN(c4ccc(C#N)c(C(F)(F)F)c4)CCC3(CO)C2)c1. The van der Waals surface area contributed by atoms with Gasteiger partial charge in [0.25, 0.3) is 5.91 Å². The van der Waals surface area contributed by atoms with E-state index in [1.165, 1.54) is 26.4 Å². The second kappa shape index (κ2) is 9.30. The number of amides is 1. The molecule has 2 aromatic rings. The van der Waals surface area contributed by atoms with E-state index in [9.17, 15) is 23.1 Å². The molecule has 1 N–H and O–H groups in total. The lowest BCUT2D eigenvalue weighted by molar-refractivity contribution is -0.137. The van der Waals surface area contributed by atoms with Crippen LogP contribution >= 0.6 is 0 Å². The summed E-state index contributed by atoms with van der Waals surface area (Å²) in [5, 5.41) is 19.3. The van der Waals surface area contributed by atoms with Crippen LogP contribution in [0.15, 0.2) is 36.4 Å². The van der Waals surface area contributed by atoms with Crippen molar-refractivity contribution in [2.45, 2.75) is 12.6 Å². The number of nitriles is 1. The van der Waals surface area contributed by atoms with Crippen molar-refractivity contribution >= 4 is 11.6 Å². The number of anilines is 1. The molecule has 0 aromatic heterocycles. The van der Waals surface area contributed by atoms with E-state index in [-0.39, 0.29) is 18.4 Å². The molecule has 2 aliphatic rings. The molecule has 2 atom stereocenters. The fraction of sp³-hybridized carbons (Fsp3) is 0.440. The van der Waals surface area contributed by atoms with E-state index >= 15 is 0 Å². The Morgan fingerprint density at radius 1 is 1.17 bits per heavy atom. The number of piperidine rings is 1. The van der Waals surface area contributed by atoms with Gasteiger partial charge in [0.05, 0.1) is 38.0 Å². The van der Waals surface area contributed by atoms with Crippen molar-refractivity contribution in [3.8, 4) is 17.6 Å². The van der Waals surface area contributed by atoms with Crippen LogP contribution in [0.2, 0.25) is 0 Å². The number of halogens is 3. The third kappa shape index (κ3) is 4.60. The minimum Gasteiger partial charge on any atom is -0.497 e. The predicted molar refractivity (Wildman–Crippen MR) is 121 cm³/mol. The Hall–Kier alpha value is -3.45. The minimum atomic E-state index is -4.64. The first kappa shape index (κ1) is 24.7. The Morgan fingerprint density at radius 2 is 1.86 bits per heavy atom. The number of fused-ring (bicyclic) bond motifs is 1. The molecule has 7 nitrogen and oxygen atoms in total. The van der Waals surface area contributed by atoms with Crippen molar-refractivity contribution in [1.29, 1.82) is 5.26 Å². The van der Waals surface area contributed by atoms with Crippen LogP contribution in [0.25, 0.3) is 0 Å². The number of aliphatic hydroxyl groups excluding tert-OH is 1. The van der Waals surface area contributed by atoms with Crippen LogP contribution in [-0.2, 0) is 6.18 Å². The summed E-state index contributed by atoms with van der Waals surface area (Å²) < 4.78 is 50.9. The average Bonchev–Trinajstić information content (AvgIpc) is 3.26. The smallest absolute Gasteiger partial charge is 0.417 e. The molecule has 1 amide bonds. The highest BCUT2D eigenvalue weighted by atomic mass is 19.4. The lowest BCUT2D eigenvalue weighted by atomic mass is 9.73. The third-order valence-corrected chi connectivity index (χ3v) is 7.13. The molecule has 2 heterocycles. The van der Waals surface area contributed by atoms with E-state index in [0.29, 0.717) is 55.3 Å². The van der Waals surface area contributed by atoms with Crippen LogP contribution in [-0.4, -0.2) is 62.9 Å². The van der Waals surface area contributed by atoms with E-state index < -0.39 is 22.7 Å². The molecule has 4 rings (SSSR count). The summed E-state index contributed by atoms with van der Waals surface area (Å²) in [5.74, 6) is 0.596. The summed E-state index contributed by atoms with van der Waals surface area (Å²) in [7, 11) is 2.99. The molecule has 186 valence electrons. The quantitative estimate of drug-likeness (QED) is 0.692. The zero-order valence-electron chi connectivity index (χ0n) is 19.4. The summed E-state index contributed by atoms with van der Waals surface area (Å²) >= 11 is 0. The molecule has 35 heavy (non-hydrogen) atoms. The number of likely N-dealkylation sites (tertiary alicyclic amines) is 1. The number of hydrogen-bond acceptors (Lipinski definition) is 6. The normalized spacial score (nSPS) is 21.9. The van der Waals surface area contributed by atoms with Gasteiger partial charge in [-0.1, -0.05) is 0 Å². The standard InChI is InChI=1S/C25H26F3N3O4/c1-34-20-7-17(8-21(10-20)35-2)23(33)31-13-18-12-30(6-5-24(18,14-31)15-32)19-4-3-16(11-29)22(9-19)25(26,27)28/h3-4,7-10,18,32H,5-6,12-15H2,1-2H3. The van der Waals surface area contributed by atoms with E-state index in [1.807, 2.05) is 4.90 Å². The number of hydrogen-bond donors (Lipinski definition) is 1. The first-order valence-electron chi connectivity index (χ1n) is 11.1. The van der Waals surface area contributed by atoms with Gasteiger partial charge in [-0.15, -0.1) is 0 Å². The summed E-state index contributed by atoms with van der Waals surface area (Å²) in [6.45, 7) is 1.39. The lowest BCUT2D eigenvalue weighted by Crippen LogP contribution is -2.49. The summed E-state index contributed by atoms with van der Waals surface area (Å²) in [4.78, 5) is 16.8. The molecule has 0 radical (unpaired) electrons. The summed E-state index contributed by atoms with van der Waals surface area (Å²) in [5.41, 5.74) is -1.16. The molecule has 10 heteroatoms. The van der Waals surface area contributed by atoms with E-state index in [0.717, 1.165) is 6.07 Å². The van der Waals surface area contributed by atoms with Gasteiger partial charge in [0.1, 0.15) is 11.5 Å². The topological polar surface area (TPSA) is 86.0 Å². The largest absolute Gasteiger partial charge is 0.497 e. The second-order valence-electron chi connectivity index (χ2n) is 9.04. The van der Waals surface area contributed by atoms with Crippen molar-refractivity contribution < 1.29 is 32.5 Å². The molecular formula is C25H26F3N3O4. The Bertz CT molecular complexity index is 1140. The highest BCUT2D eigenvalue weighted by molar-refractivity contribution is 5.95. The van der Waals surface area contributed by atoms with Crippen LogP contribution in [0.1, 0.15) is 27.9 Å². The Balaban J connectivity index is 1.57. The number of alkyl halides is 3. The first-order chi connectivity index (χ1) is 16.6. The molecule has 0 bridgehead atoms. The van der Waals surface area contributed by atoms with Crippen molar-refractivity contribution in [1.82, 2.24) is 4.90 Å². The van der Waals surface area contributed by atoms with Crippen LogP contribution in [0.5, 0.6) is 11.5 Å². The van der Waals surface area contributed by atoms with Gasteiger partial charge < -0.3 is 24.4 Å². The van der Waals surface area contributed by atoms with Crippen molar-refractivity contribution in [3.05, 3.63) is 53.1 Å². The van der Waals surface area contributed by atoms with Gasteiger partial charge in [-0.05, 0) is 36.8 Å². The number of carbonyl (C=O) groups is 1. The molecule has 0 spiro atoms. The van der Waals surface area contributed by atoms with Gasteiger partial charge in [0.2, 0.25) is 0 Å². The van der Waals surface area contributed by atoms with Crippen molar-refractivity contribution in [2.24, 2.45) is 11.3 Å². The predicted octanol–water partition coefficient (Wildman–Crippen LogP) is 3.56. The maximum atomic E-state index is 13.5.